The Morgan fingerprint density at radius 3 is 2.70 bits per heavy atom. The lowest BCUT2D eigenvalue weighted by atomic mass is 9.76. The lowest BCUT2D eigenvalue weighted by Gasteiger charge is -2.43. The molecule has 0 bridgehead atoms. The fourth-order valence-electron chi connectivity index (χ4n) is 2.86. The van der Waals surface area contributed by atoms with Crippen molar-refractivity contribution in [2.75, 3.05) is 19.0 Å². The van der Waals surface area contributed by atoms with Gasteiger partial charge in [0.05, 0.1) is 12.2 Å². The summed E-state index contributed by atoms with van der Waals surface area (Å²) >= 11 is 1.37. The van der Waals surface area contributed by atoms with Crippen LogP contribution in [0.2, 0.25) is 0 Å². The van der Waals surface area contributed by atoms with Crippen LogP contribution in [-0.2, 0) is 10.3 Å². The first-order chi connectivity index (χ1) is 9.53. The number of rotatable bonds is 1. The maximum Gasteiger partial charge on any atom is 0.154 e. The average Bonchev–Trinajstić information content (AvgIpc) is 2.36. The van der Waals surface area contributed by atoms with Gasteiger partial charge in [0, 0.05) is 30.4 Å². The first-order valence-corrected chi connectivity index (χ1v) is 7.22. The number of halogens is 3. The molecule has 1 saturated heterocycles. The average molecular weight is 302 g/mol. The molecule has 1 fully saturated rings. The molecule has 2 aliphatic rings. The normalized spacial score (nSPS) is 29.8. The van der Waals surface area contributed by atoms with E-state index in [1.54, 1.807) is 0 Å². The number of nitrogens with zero attached hydrogens (tertiary/aromatic N) is 1. The molecule has 0 aromatic heterocycles. The second kappa shape index (κ2) is 4.96. The lowest BCUT2D eigenvalue weighted by Crippen LogP contribution is -2.48. The SMILES string of the molecule is NC1=NC2(c3c(F)cc(F)cc3F)COCCC2CS1. The summed E-state index contributed by atoms with van der Waals surface area (Å²) in [5.74, 6) is -2.30. The minimum atomic E-state index is -1.19. The predicted molar refractivity (Wildman–Crippen MR) is 71.0 cm³/mol. The monoisotopic (exact) mass is 302 g/mol. The van der Waals surface area contributed by atoms with Crippen LogP contribution in [0.5, 0.6) is 0 Å². The van der Waals surface area contributed by atoms with Gasteiger partial charge in [-0.3, -0.25) is 0 Å². The summed E-state index contributed by atoms with van der Waals surface area (Å²) in [7, 11) is 0. The molecule has 0 spiro atoms. The van der Waals surface area contributed by atoms with E-state index in [9.17, 15) is 13.2 Å². The summed E-state index contributed by atoms with van der Waals surface area (Å²) < 4.78 is 46.8. The van der Waals surface area contributed by atoms with Gasteiger partial charge in [0.2, 0.25) is 0 Å². The van der Waals surface area contributed by atoms with Crippen LogP contribution in [0.15, 0.2) is 17.1 Å². The van der Waals surface area contributed by atoms with Crippen molar-refractivity contribution in [3.05, 3.63) is 35.1 Å². The van der Waals surface area contributed by atoms with Gasteiger partial charge in [-0.15, -0.1) is 0 Å². The first kappa shape index (κ1) is 13.8. The Labute approximate surface area is 118 Å². The van der Waals surface area contributed by atoms with E-state index in [1.165, 1.54) is 11.8 Å². The van der Waals surface area contributed by atoms with Crippen molar-refractivity contribution in [3.63, 3.8) is 0 Å². The van der Waals surface area contributed by atoms with Crippen molar-refractivity contribution in [2.24, 2.45) is 16.6 Å². The summed E-state index contributed by atoms with van der Waals surface area (Å²) in [6.45, 7) is 0.575. The van der Waals surface area contributed by atoms with Crippen LogP contribution < -0.4 is 5.73 Å². The van der Waals surface area contributed by atoms with Crippen LogP contribution in [0.3, 0.4) is 0 Å². The Bertz CT molecular complexity index is 558. The Kier molecular flexibility index (Phi) is 3.41. The van der Waals surface area contributed by atoms with E-state index in [0.717, 1.165) is 0 Å². The Hall–Kier alpha value is -1.21. The number of benzene rings is 1. The molecular formula is C13H13F3N2OS. The lowest BCUT2D eigenvalue weighted by molar-refractivity contribution is 0.00132. The van der Waals surface area contributed by atoms with Gasteiger partial charge in [-0.2, -0.15) is 0 Å². The Balaban J connectivity index is 2.20. The van der Waals surface area contributed by atoms with E-state index in [0.29, 0.717) is 30.9 Å². The summed E-state index contributed by atoms with van der Waals surface area (Å²) in [6, 6.07) is 1.35. The fraction of sp³-hybridized carbons (Fsp3) is 0.462. The third-order valence-electron chi connectivity index (χ3n) is 3.79. The second-order valence-electron chi connectivity index (χ2n) is 4.97. The molecule has 3 rings (SSSR count). The summed E-state index contributed by atoms with van der Waals surface area (Å²) in [5, 5.41) is 0.273. The van der Waals surface area contributed by atoms with Gasteiger partial charge >= 0.3 is 0 Å². The molecule has 3 nitrogen and oxygen atoms in total. The van der Waals surface area contributed by atoms with E-state index in [1.807, 2.05) is 0 Å². The molecule has 2 heterocycles. The van der Waals surface area contributed by atoms with Crippen molar-refractivity contribution in [3.8, 4) is 0 Å². The molecule has 2 N–H and O–H groups in total. The van der Waals surface area contributed by atoms with Gasteiger partial charge < -0.3 is 10.5 Å². The third kappa shape index (κ3) is 2.09. The van der Waals surface area contributed by atoms with E-state index in [-0.39, 0.29) is 23.3 Å². The minimum Gasteiger partial charge on any atom is -0.379 e. The first-order valence-electron chi connectivity index (χ1n) is 6.24. The molecule has 2 aliphatic heterocycles. The van der Waals surface area contributed by atoms with Crippen molar-refractivity contribution >= 4 is 16.9 Å². The van der Waals surface area contributed by atoms with Crippen LogP contribution in [0.25, 0.3) is 0 Å². The highest BCUT2D eigenvalue weighted by Gasteiger charge is 2.48. The molecule has 20 heavy (non-hydrogen) atoms. The van der Waals surface area contributed by atoms with E-state index in [4.69, 9.17) is 10.5 Å². The number of hydrogen-bond donors (Lipinski definition) is 1. The van der Waals surface area contributed by atoms with E-state index >= 15 is 0 Å². The largest absolute Gasteiger partial charge is 0.379 e. The topological polar surface area (TPSA) is 47.6 Å². The van der Waals surface area contributed by atoms with Crippen LogP contribution in [0, 0.1) is 23.4 Å². The Morgan fingerprint density at radius 1 is 1.30 bits per heavy atom. The predicted octanol–water partition coefficient (Wildman–Crippen LogP) is 2.40. The van der Waals surface area contributed by atoms with Gasteiger partial charge in [0.15, 0.2) is 5.17 Å². The maximum atomic E-state index is 14.1. The van der Waals surface area contributed by atoms with Crippen LogP contribution >= 0.6 is 11.8 Å². The van der Waals surface area contributed by atoms with Gasteiger partial charge in [0.1, 0.15) is 23.0 Å². The van der Waals surface area contributed by atoms with E-state index in [2.05, 4.69) is 4.99 Å². The highest BCUT2D eigenvalue weighted by molar-refractivity contribution is 8.13. The minimum absolute atomic E-state index is 0.0540. The molecule has 1 aromatic rings. The molecule has 0 aliphatic carbocycles. The maximum absolute atomic E-state index is 14.1. The molecular weight excluding hydrogens is 289 g/mol. The van der Waals surface area contributed by atoms with Gasteiger partial charge in [-0.05, 0) is 6.42 Å². The quantitative estimate of drug-likeness (QED) is 0.866. The summed E-state index contributed by atoms with van der Waals surface area (Å²) in [4.78, 5) is 4.29. The molecule has 0 radical (unpaired) electrons. The number of fused-ring (bicyclic) bond motifs is 1. The molecule has 2 unspecified atom stereocenters. The highest BCUT2D eigenvalue weighted by atomic mass is 32.2. The number of hydrogen-bond acceptors (Lipinski definition) is 4. The third-order valence-corrected chi connectivity index (χ3v) is 4.75. The van der Waals surface area contributed by atoms with Crippen LogP contribution in [-0.4, -0.2) is 24.1 Å². The fourth-order valence-corrected chi connectivity index (χ4v) is 3.90. The zero-order chi connectivity index (χ0) is 14.3. The zero-order valence-corrected chi connectivity index (χ0v) is 11.4. The highest BCUT2D eigenvalue weighted by Crippen LogP contribution is 2.46. The number of aliphatic imine (C=N–C) groups is 1. The second-order valence-corrected chi connectivity index (χ2v) is 6.01. The summed E-state index contributed by atoms with van der Waals surface area (Å²) in [5.41, 5.74) is 4.30. The van der Waals surface area contributed by atoms with Crippen LogP contribution in [0.4, 0.5) is 13.2 Å². The zero-order valence-electron chi connectivity index (χ0n) is 10.5. The number of thioether (sulfide) groups is 1. The van der Waals surface area contributed by atoms with Crippen molar-refractivity contribution in [2.45, 2.75) is 12.0 Å². The molecule has 7 heteroatoms. The molecule has 2 atom stereocenters. The smallest absolute Gasteiger partial charge is 0.154 e. The number of amidine groups is 1. The molecule has 1 aromatic carbocycles. The van der Waals surface area contributed by atoms with Crippen molar-refractivity contribution < 1.29 is 17.9 Å². The van der Waals surface area contributed by atoms with Gasteiger partial charge in [-0.25, -0.2) is 18.2 Å². The summed E-state index contributed by atoms with van der Waals surface area (Å²) in [6.07, 6.45) is 0.639. The molecule has 0 amide bonds. The number of nitrogens with two attached hydrogens (primary N) is 1. The van der Waals surface area contributed by atoms with E-state index < -0.39 is 23.0 Å². The van der Waals surface area contributed by atoms with Crippen molar-refractivity contribution in [1.29, 1.82) is 0 Å². The van der Waals surface area contributed by atoms with Gasteiger partial charge in [0.25, 0.3) is 0 Å². The van der Waals surface area contributed by atoms with Crippen molar-refractivity contribution in [1.82, 2.24) is 0 Å². The standard InChI is InChI=1S/C13H13F3N2OS/c14-8-3-9(15)11(10(16)4-8)13-6-19-2-1-7(13)5-20-12(17)18-13/h3-4,7H,1-2,5-6H2,(H2,17,18). The molecule has 0 saturated carbocycles. The van der Waals surface area contributed by atoms with Crippen LogP contribution in [0.1, 0.15) is 12.0 Å². The molecule has 108 valence electrons. The van der Waals surface area contributed by atoms with Gasteiger partial charge in [-0.1, -0.05) is 11.8 Å². The number of ether oxygens (including phenoxy) is 1. The Morgan fingerprint density at radius 2 is 2.00 bits per heavy atom.